The Bertz CT molecular complexity index is 256. The van der Waals surface area contributed by atoms with Gasteiger partial charge in [0.05, 0.1) is 6.61 Å². The van der Waals surface area contributed by atoms with Gasteiger partial charge in [0, 0.05) is 10.9 Å². The Labute approximate surface area is 95.8 Å². The Morgan fingerprint density at radius 2 is 2.00 bits per heavy atom. The summed E-state index contributed by atoms with van der Waals surface area (Å²) in [5, 5.41) is 0.735. The summed E-state index contributed by atoms with van der Waals surface area (Å²) in [5.74, 6) is 2.26. The molecule has 1 nitrogen and oxygen atoms in total. The maximum Gasteiger partial charge on any atom is 0.119 e. The van der Waals surface area contributed by atoms with E-state index < -0.39 is 0 Å². The van der Waals surface area contributed by atoms with Crippen LogP contribution in [0, 0.1) is 5.92 Å². The third-order valence-corrected chi connectivity index (χ3v) is 2.90. The highest BCUT2D eigenvalue weighted by molar-refractivity contribution is 7.80. The molecule has 1 atom stereocenters. The number of thiol groups is 1. The standard InChI is InChI=1S/C11H15ClOS/c1-2-9(8-14)7-13-11-5-3-10(12)4-6-11/h3-6,9,14H,2,7-8H2,1H3. The summed E-state index contributed by atoms with van der Waals surface area (Å²) < 4.78 is 5.60. The van der Waals surface area contributed by atoms with Crippen LogP contribution in [-0.4, -0.2) is 12.4 Å². The van der Waals surface area contributed by atoms with Gasteiger partial charge in [0.1, 0.15) is 5.75 Å². The predicted octanol–water partition coefficient (Wildman–Crippen LogP) is 3.67. The van der Waals surface area contributed by atoms with Gasteiger partial charge in [-0.1, -0.05) is 18.5 Å². The molecule has 3 heteroatoms. The van der Waals surface area contributed by atoms with Crippen molar-refractivity contribution in [2.45, 2.75) is 13.3 Å². The molecule has 0 radical (unpaired) electrons. The molecule has 14 heavy (non-hydrogen) atoms. The first-order valence-corrected chi connectivity index (χ1v) is 5.76. The molecular weight excluding hydrogens is 216 g/mol. The molecule has 0 amide bonds. The van der Waals surface area contributed by atoms with Crippen molar-refractivity contribution in [3.8, 4) is 5.75 Å². The van der Waals surface area contributed by atoms with Crippen LogP contribution in [0.3, 0.4) is 0 Å². The van der Waals surface area contributed by atoms with E-state index in [2.05, 4.69) is 19.6 Å². The van der Waals surface area contributed by atoms with E-state index >= 15 is 0 Å². The Hall–Kier alpha value is -0.340. The molecule has 0 aliphatic rings. The van der Waals surface area contributed by atoms with Gasteiger partial charge < -0.3 is 4.74 Å². The van der Waals surface area contributed by atoms with Crippen LogP contribution in [0.15, 0.2) is 24.3 Å². The third-order valence-electron chi connectivity index (χ3n) is 2.13. The minimum Gasteiger partial charge on any atom is -0.493 e. The van der Waals surface area contributed by atoms with E-state index in [1.165, 1.54) is 0 Å². The number of ether oxygens (including phenoxy) is 1. The van der Waals surface area contributed by atoms with E-state index in [-0.39, 0.29) is 0 Å². The summed E-state index contributed by atoms with van der Waals surface area (Å²) in [5.41, 5.74) is 0. The molecule has 0 heterocycles. The van der Waals surface area contributed by atoms with Gasteiger partial charge in [-0.25, -0.2) is 0 Å². The molecule has 0 aliphatic heterocycles. The number of rotatable bonds is 5. The molecule has 0 saturated heterocycles. The Morgan fingerprint density at radius 1 is 1.36 bits per heavy atom. The molecule has 0 saturated carbocycles. The maximum absolute atomic E-state index is 5.76. The van der Waals surface area contributed by atoms with E-state index in [1.54, 1.807) is 0 Å². The molecule has 0 N–H and O–H groups in total. The minimum absolute atomic E-state index is 0.522. The fourth-order valence-electron chi connectivity index (χ4n) is 1.04. The fraction of sp³-hybridized carbons (Fsp3) is 0.455. The lowest BCUT2D eigenvalue weighted by Crippen LogP contribution is -2.12. The maximum atomic E-state index is 5.76. The Morgan fingerprint density at radius 3 is 2.50 bits per heavy atom. The number of hydrogen-bond donors (Lipinski definition) is 1. The monoisotopic (exact) mass is 230 g/mol. The summed E-state index contributed by atoms with van der Waals surface area (Å²) in [4.78, 5) is 0. The van der Waals surface area contributed by atoms with Crippen molar-refractivity contribution in [2.75, 3.05) is 12.4 Å². The van der Waals surface area contributed by atoms with E-state index in [0.29, 0.717) is 5.92 Å². The first kappa shape index (κ1) is 11.7. The first-order valence-electron chi connectivity index (χ1n) is 4.75. The highest BCUT2D eigenvalue weighted by atomic mass is 35.5. The topological polar surface area (TPSA) is 9.23 Å². The van der Waals surface area contributed by atoms with Crippen LogP contribution in [0.5, 0.6) is 5.75 Å². The highest BCUT2D eigenvalue weighted by Crippen LogP contribution is 2.17. The lowest BCUT2D eigenvalue weighted by Gasteiger charge is -2.13. The summed E-state index contributed by atoms with van der Waals surface area (Å²) in [6, 6.07) is 7.43. The molecule has 0 fully saturated rings. The summed E-state index contributed by atoms with van der Waals surface area (Å²) in [7, 11) is 0. The normalized spacial score (nSPS) is 12.5. The van der Waals surface area contributed by atoms with Crippen LogP contribution < -0.4 is 4.74 Å². The van der Waals surface area contributed by atoms with E-state index in [9.17, 15) is 0 Å². The van der Waals surface area contributed by atoms with Crippen LogP contribution in [0.1, 0.15) is 13.3 Å². The van der Waals surface area contributed by atoms with Gasteiger partial charge in [0.2, 0.25) is 0 Å². The van der Waals surface area contributed by atoms with Crippen molar-refractivity contribution in [2.24, 2.45) is 5.92 Å². The molecule has 78 valence electrons. The minimum atomic E-state index is 0.522. The lowest BCUT2D eigenvalue weighted by molar-refractivity contribution is 0.259. The molecule has 0 bridgehead atoms. The molecule has 0 spiro atoms. The summed E-state index contributed by atoms with van der Waals surface area (Å²) in [6.07, 6.45) is 1.09. The van der Waals surface area contributed by atoms with Gasteiger partial charge >= 0.3 is 0 Å². The largest absolute Gasteiger partial charge is 0.493 e. The van der Waals surface area contributed by atoms with Crippen LogP contribution in [0.4, 0.5) is 0 Å². The smallest absolute Gasteiger partial charge is 0.119 e. The first-order chi connectivity index (χ1) is 6.76. The van der Waals surface area contributed by atoms with Crippen molar-refractivity contribution < 1.29 is 4.74 Å². The predicted molar refractivity (Wildman–Crippen MR) is 64.6 cm³/mol. The van der Waals surface area contributed by atoms with Crippen molar-refractivity contribution in [1.82, 2.24) is 0 Å². The zero-order valence-electron chi connectivity index (χ0n) is 8.24. The molecule has 1 rings (SSSR count). The van der Waals surface area contributed by atoms with E-state index in [0.717, 1.165) is 29.6 Å². The van der Waals surface area contributed by atoms with Crippen molar-refractivity contribution in [1.29, 1.82) is 0 Å². The van der Waals surface area contributed by atoms with Crippen LogP contribution in [0.25, 0.3) is 0 Å². The van der Waals surface area contributed by atoms with Gasteiger partial charge in [-0.05, 0) is 36.4 Å². The SMILES string of the molecule is CCC(CS)COc1ccc(Cl)cc1. The van der Waals surface area contributed by atoms with Gasteiger partial charge in [0.25, 0.3) is 0 Å². The lowest BCUT2D eigenvalue weighted by atomic mass is 10.1. The Balaban J connectivity index is 2.41. The van der Waals surface area contributed by atoms with Gasteiger partial charge in [-0.2, -0.15) is 12.6 Å². The molecule has 0 aromatic heterocycles. The van der Waals surface area contributed by atoms with Crippen LogP contribution in [-0.2, 0) is 0 Å². The Kier molecular flexibility index (Phi) is 5.20. The zero-order valence-corrected chi connectivity index (χ0v) is 9.89. The summed E-state index contributed by atoms with van der Waals surface area (Å²) in [6.45, 7) is 2.87. The number of halogens is 1. The molecular formula is C11H15ClOS. The second kappa shape index (κ2) is 6.20. The molecule has 0 aliphatic carbocycles. The highest BCUT2D eigenvalue weighted by Gasteiger charge is 2.04. The van der Waals surface area contributed by atoms with Crippen LogP contribution in [0.2, 0.25) is 5.02 Å². The van der Waals surface area contributed by atoms with E-state index in [4.69, 9.17) is 16.3 Å². The molecule has 1 aromatic carbocycles. The van der Waals surface area contributed by atoms with Crippen LogP contribution >= 0.6 is 24.2 Å². The zero-order chi connectivity index (χ0) is 10.4. The van der Waals surface area contributed by atoms with Gasteiger partial charge in [-0.3, -0.25) is 0 Å². The quantitative estimate of drug-likeness (QED) is 0.760. The summed E-state index contributed by atoms with van der Waals surface area (Å²) >= 11 is 10.0. The second-order valence-electron chi connectivity index (χ2n) is 3.22. The number of hydrogen-bond acceptors (Lipinski definition) is 2. The van der Waals surface area contributed by atoms with Gasteiger partial charge in [0.15, 0.2) is 0 Å². The number of benzene rings is 1. The average molecular weight is 231 g/mol. The second-order valence-corrected chi connectivity index (χ2v) is 4.02. The average Bonchev–Trinajstić information content (AvgIpc) is 2.22. The van der Waals surface area contributed by atoms with Crippen molar-refractivity contribution >= 4 is 24.2 Å². The third kappa shape index (κ3) is 3.81. The molecule has 1 aromatic rings. The van der Waals surface area contributed by atoms with Crippen molar-refractivity contribution in [3.05, 3.63) is 29.3 Å². The van der Waals surface area contributed by atoms with Gasteiger partial charge in [-0.15, -0.1) is 0 Å². The molecule has 1 unspecified atom stereocenters. The van der Waals surface area contributed by atoms with E-state index in [1.807, 2.05) is 24.3 Å². The van der Waals surface area contributed by atoms with Crippen molar-refractivity contribution in [3.63, 3.8) is 0 Å². The fourth-order valence-corrected chi connectivity index (χ4v) is 1.53.